The summed E-state index contributed by atoms with van der Waals surface area (Å²) in [6.07, 6.45) is 4.33. The van der Waals surface area contributed by atoms with Crippen LogP contribution in [-0.2, 0) is 0 Å². The Labute approximate surface area is 114 Å². The van der Waals surface area contributed by atoms with Crippen molar-refractivity contribution in [3.63, 3.8) is 0 Å². The van der Waals surface area contributed by atoms with Crippen LogP contribution in [0, 0.1) is 0 Å². The van der Waals surface area contributed by atoms with Crippen LogP contribution in [-0.4, -0.2) is 55.0 Å². The highest BCUT2D eigenvalue weighted by Crippen LogP contribution is 2.12. The zero-order valence-corrected chi connectivity index (χ0v) is 11.4. The summed E-state index contributed by atoms with van der Waals surface area (Å²) in [5.41, 5.74) is 0.628. The van der Waals surface area contributed by atoms with Crippen molar-refractivity contribution in [2.24, 2.45) is 0 Å². The zero-order chi connectivity index (χ0) is 13.5. The molecule has 1 aliphatic heterocycles. The lowest BCUT2D eigenvalue weighted by molar-refractivity contribution is 0.0934. The third kappa shape index (κ3) is 4.29. The number of pyridine rings is 1. The molecule has 0 radical (unpaired) electrons. The third-order valence-corrected chi connectivity index (χ3v) is 3.15. The summed E-state index contributed by atoms with van der Waals surface area (Å²) in [5, 5.41) is 3.33. The minimum absolute atomic E-state index is 0.107. The van der Waals surface area contributed by atoms with Gasteiger partial charge in [-0.1, -0.05) is 0 Å². The smallest absolute Gasteiger partial charge is 0.178 e. The lowest BCUT2D eigenvalue weighted by atomic mass is 10.1. The van der Waals surface area contributed by atoms with Crippen LogP contribution in [0.5, 0.6) is 5.75 Å². The summed E-state index contributed by atoms with van der Waals surface area (Å²) in [5.74, 6) is 0.766. The van der Waals surface area contributed by atoms with Crippen molar-refractivity contribution >= 4 is 5.78 Å². The van der Waals surface area contributed by atoms with Gasteiger partial charge in [0, 0.05) is 24.8 Å². The maximum atomic E-state index is 12.2. The van der Waals surface area contributed by atoms with E-state index < -0.39 is 0 Å². The molecule has 1 aromatic rings. The molecule has 2 rings (SSSR count). The Morgan fingerprint density at radius 1 is 1.42 bits per heavy atom. The van der Waals surface area contributed by atoms with Gasteiger partial charge in [-0.3, -0.25) is 14.7 Å². The molecule has 1 aliphatic rings. The number of hydrogen-bond donors (Lipinski definition) is 1. The van der Waals surface area contributed by atoms with Gasteiger partial charge in [-0.25, -0.2) is 0 Å². The largest absolute Gasteiger partial charge is 0.492 e. The van der Waals surface area contributed by atoms with Gasteiger partial charge < -0.3 is 10.1 Å². The number of rotatable bonds is 5. The van der Waals surface area contributed by atoms with E-state index in [2.05, 4.69) is 15.2 Å². The van der Waals surface area contributed by atoms with Gasteiger partial charge in [0.1, 0.15) is 5.75 Å². The number of nitrogens with one attached hydrogen (secondary N) is 1. The maximum absolute atomic E-state index is 12.2. The van der Waals surface area contributed by atoms with E-state index in [9.17, 15) is 4.79 Å². The van der Waals surface area contributed by atoms with E-state index in [0.29, 0.717) is 24.5 Å². The molecular weight excluding hydrogens is 242 g/mol. The van der Waals surface area contributed by atoms with Gasteiger partial charge in [0.25, 0.3) is 0 Å². The van der Waals surface area contributed by atoms with Crippen LogP contribution in [0.4, 0.5) is 0 Å². The second-order valence-electron chi connectivity index (χ2n) is 4.65. The van der Waals surface area contributed by atoms with Gasteiger partial charge in [-0.15, -0.1) is 0 Å². The molecule has 1 aromatic heterocycles. The lowest BCUT2D eigenvalue weighted by Gasteiger charge is -2.18. The third-order valence-electron chi connectivity index (χ3n) is 3.15. The molecule has 0 amide bonds. The Bertz CT molecular complexity index is 415. The number of nitrogens with zero attached hydrogens (tertiary/aromatic N) is 2. The number of hydrogen-bond acceptors (Lipinski definition) is 5. The first-order chi connectivity index (χ1) is 9.29. The monoisotopic (exact) mass is 263 g/mol. The highest BCUT2D eigenvalue weighted by atomic mass is 16.5. The first kappa shape index (κ1) is 14.0. The van der Waals surface area contributed by atoms with Gasteiger partial charge in [0.15, 0.2) is 5.78 Å². The molecule has 0 aromatic carbocycles. The standard InChI is InChI=1S/C14H21N3O2/c1-2-19-13-8-12(9-16-10-13)14(18)11-17-6-3-4-15-5-7-17/h8-10,15H,2-7,11H2,1H3. The highest BCUT2D eigenvalue weighted by Gasteiger charge is 2.14. The summed E-state index contributed by atoms with van der Waals surface area (Å²) in [6, 6.07) is 1.77. The first-order valence-electron chi connectivity index (χ1n) is 6.83. The zero-order valence-electron chi connectivity index (χ0n) is 11.4. The van der Waals surface area contributed by atoms with Crippen molar-refractivity contribution in [3.8, 4) is 5.75 Å². The van der Waals surface area contributed by atoms with Crippen molar-refractivity contribution in [1.29, 1.82) is 0 Å². The molecule has 5 heteroatoms. The van der Waals surface area contributed by atoms with Gasteiger partial charge in [-0.05, 0) is 32.5 Å². The summed E-state index contributed by atoms with van der Waals surface area (Å²) in [7, 11) is 0. The van der Waals surface area contributed by atoms with Gasteiger partial charge in [0.05, 0.1) is 19.3 Å². The number of ketones is 1. The van der Waals surface area contributed by atoms with Crippen LogP contribution in [0.3, 0.4) is 0 Å². The predicted octanol–water partition coefficient (Wildman–Crippen LogP) is 0.958. The van der Waals surface area contributed by atoms with Crippen LogP contribution in [0.2, 0.25) is 0 Å². The second kappa shape index (κ2) is 7.21. The average molecular weight is 263 g/mol. The van der Waals surface area contributed by atoms with Gasteiger partial charge in [-0.2, -0.15) is 0 Å². The van der Waals surface area contributed by atoms with Crippen LogP contribution in [0.15, 0.2) is 18.5 Å². The highest BCUT2D eigenvalue weighted by molar-refractivity contribution is 5.97. The topological polar surface area (TPSA) is 54.5 Å². The molecule has 0 saturated carbocycles. The average Bonchev–Trinajstić information content (AvgIpc) is 2.68. The number of aromatic nitrogens is 1. The molecule has 1 saturated heterocycles. The molecule has 1 fully saturated rings. The van der Waals surface area contributed by atoms with E-state index in [1.54, 1.807) is 18.5 Å². The fourth-order valence-electron chi connectivity index (χ4n) is 2.17. The Morgan fingerprint density at radius 2 is 2.32 bits per heavy atom. The fraction of sp³-hybridized carbons (Fsp3) is 0.571. The van der Waals surface area contributed by atoms with Crippen molar-refractivity contribution in [3.05, 3.63) is 24.0 Å². The van der Waals surface area contributed by atoms with Gasteiger partial charge >= 0.3 is 0 Å². The normalized spacial score (nSPS) is 16.9. The van der Waals surface area contributed by atoms with E-state index in [1.807, 2.05) is 6.92 Å². The Hall–Kier alpha value is -1.46. The first-order valence-corrected chi connectivity index (χ1v) is 6.83. The van der Waals surface area contributed by atoms with Crippen LogP contribution in [0.1, 0.15) is 23.7 Å². The maximum Gasteiger partial charge on any atom is 0.178 e. The molecule has 0 unspecified atom stereocenters. The molecule has 19 heavy (non-hydrogen) atoms. The number of ether oxygens (including phenoxy) is 1. The quantitative estimate of drug-likeness (QED) is 0.802. The van der Waals surface area contributed by atoms with E-state index in [0.717, 1.165) is 32.6 Å². The molecule has 5 nitrogen and oxygen atoms in total. The Morgan fingerprint density at radius 3 is 3.16 bits per heavy atom. The molecule has 0 aliphatic carbocycles. The minimum atomic E-state index is 0.107. The van der Waals surface area contributed by atoms with Crippen molar-refractivity contribution in [2.45, 2.75) is 13.3 Å². The molecule has 2 heterocycles. The SMILES string of the molecule is CCOc1cncc(C(=O)CN2CCCNCC2)c1. The Balaban J connectivity index is 1.96. The van der Waals surface area contributed by atoms with E-state index in [1.165, 1.54) is 0 Å². The lowest BCUT2D eigenvalue weighted by Crippen LogP contribution is -2.33. The minimum Gasteiger partial charge on any atom is -0.492 e. The molecule has 104 valence electrons. The molecule has 1 N–H and O–H groups in total. The van der Waals surface area contributed by atoms with E-state index in [4.69, 9.17) is 4.74 Å². The predicted molar refractivity (Wildman–Crippen MR) is 73.7 cm³/mol. The summed E-state index contributed by atoms with van der Waals surface area (Å²) in [4.78, 5) is 18.5. The molecule has 0 atom stereocenters. The number of Topliss-reactive ketones (excluding diaryl/α,β-unsaturated/α-hetero) is 1. The summed E-state index contributed by atoms with van der Waals surface area (Å²) in [6.45, 7) is 6.83. The van der Waals surface area contributed by atoms with Gasteiger partial charge in [0.2, 0.25) is 0 Å². The number of carbonyl (C=O) groups excluding carboxylic acids is 1. The van der Waals surface area contributed by atoms with Crippen molar-refractivity contribution in [2.75, 3.05) is 39.3 Å². The summed E-state index contributed by atoms with van der Waals surface area (Å²) < 4.78 is 5.37. The van der Waals surface area contributed by atoms with Crippen molar-refractivity contribution < 1.29 is 9.53 Å². The van der Waals surface area contributed by atoms with Crippen LogP contribution in [0.25, 0.3) is 0 Å². The van der Waals surface area contributed by atoms with E-state index in [-0.39, 0.29) is 5.78 Å². The Kier molecular flexibility index (Phi) is 5.30. The van der Waals surface area contributed by atoms with Crippen LogP contribution >= 0.6 is 0 Å². The second-order valence-corrected chi connectivity index (χ2v) is 4.65. The molecular formula is C14H21N3O2. The molecule has 0 spiro atoms. The van der Waals surface area contributed by atoms with Crippen molar-refractivity contribution in [1.82, 2.24) is 15.2 Å². The molecule has 0 bridgehead atoms. The summed E-state index contributed by atoms with van der Waals surface area (Å²) >= 11 is 0. The number of carbonyl (C=O) groups is 1. The fourth-order valence-corrected chi connectivity index (χ4v) is 2.17. The van der Waals surface area contributed by atoms with Crippen LogP contribution < -0.4 is 10.1 Å². The van der Waals surface area contributed by atoms with E-state index >= 15 is 0 Å².